The van der Waals surface area contributed by atoms with Gasteiger partial charge in [-0.25, -0.2) is 4.39 Å². The fraction of sp³-hybridized carbons (Fsp3) is 0.172. The first-order valence-electron chi connectivity index (χ1n) is 11.6. The van der Waals surface area contributed by atoms with Gasteiger partial charge in [0.1, 0.15) is 23.9 Å². The van der Waals surface area contributed by atoms with Crippen LogP contribution in [-0.2, 0) is 17.9 Å². The first-order valence-corrected chi connectivity index (χ1v) is 12.4. The molecule has 1 amide bonds. The fourth-order valence-corrected chi connectivity index (χ4v) is 4.10. The summed E-state index contributed by atoms with van der Waals surface area (Å²) < 4.78 is 27.3. The van der Waals surface area contributed by atoms with Gasteiger partial charge in [-0.3, -0.25) is 9.48 Å². The van der Waals surface area contributed by atoms with Gasteiger partial charge in [-0.1, -0.05) is 34.1 Å². The number of aryl methyl sites for hydroxylation is 1. The molecule has 3 aromatic carbocycles. The van der Waals surface area contributed by atoms with Crippen LogP contribution in [0.5, 0.6) is 11.5 Å². The summed E-state index contributed by atoms with van der Waals surface area (Å²) in [6.45, 7) is 4.54. The average Bonchev–Trinajstić information content (AvgIpc) is 3.15. The van der Waals surface area contributed by atoms with E-state index in [1.807, 2.05) is 56.3 Å². The van der Waals surface area contributed by atoms with Crippen LogP contribution in [0.3, 0.4) is 0 Å². The van der Waals surface area contributed by atoms with Crippen LogP contribution >= 0.6 is 15.9 Å². The molecule has 0 radical (unpaired) electrons. The molecule has 0 spiro atoms. The third kappa shape index (κ3) is 6.86. The van der Waals surface area contributed by atoms with Gasteiger partial charge in [0, 0.05) is 16.1 Å². The minimum absolute atomic E-state index is 0.268. The van der Waals surface area contributed by atoms with Crippen molar-refractivity contribution in [2.45, 2.75) is 27.0 Å². The maximum absolute atomic E-state index is 13.2. The quantitative estimate of drug-likeness (QED) is 0.230. The molecule has 37 heavy (non-hydrogen) atoms. The number of nitrogens with one attached hydrogen (secondary N) is 1. The number of amides is 1. The van der Waals surface area contributed by atoms with Crippen molar-refractivity contribution in [1.29, 1.82) is 0 Å². The molecule has 190 valence electrons. The van der Waals surface area contributed by atoms with Crippen LogP contribution in [0, 0.1) is 19.7 Å². The topological polar surface area (TPSA) is 65.4 Å². The second kappa shape index (κ2) is 11.9. The second-order valence-corrected chi connectivity index (χ2v) is 9.38. The smallest absolute Gasteiger partial charge is 0.248 e. The number of methoxy groups -OCH3 is 1. The van der Waals surface area contributed by atoms with E-state index in [1.165, 1.54) is 18.2 Å². The third-order valence-corrected chi connectivity index (χ3v) is 6.34. The predicted molar refractivity (Wildman–Crippen MR) is 146 cm³/mol. The summed E-state index contributed by atoms with van der Waals surface area (Å²) in [4.78, 5) is 12.7. The Morgan fingerprint density at radius 2 is 1.81 bits per heavy atom. The molecule has 0 aliphatic heterocycles. The average molecular weight is 564 g/mol. The number of carbonyl (C=O) groups is 1. The Morgan fingerprint density at radius 3 is 2.51 bits per heavy atom. The Labute approximate surface area is 223 Å². The maximum atomic E-state index is 13.2. The number of ether oxygens (including phenoxy) is 2. The van der Waals surface area contributed by atoms with E-state index in [0.29, 0.717) is 30.3 Å². The van der Waals surface area contributed by atoms with Gasteiger partial charge in [-0.2, -0.15) is 5.10 Å². The zero-order valence-corrected chi connectivity index (χ0v) is 22.4. The van der Waals surface area contributed by atoms with Crippen molar-refractivity contribution < 1.29 is 18.7 Å². The van der Waals surface area contributed by atoms with Crippen LogP contribution in [0.1, 0.15) is 28.1 Å². The lowest BCUT2D eigenvalue weighted by Gasteiger charge is -2.11. The summed E-state index contributed by atoms with van der Waals surface area (Å²) in [6, 6.07) is 19.6. The first-order chi connectivity index (χ1) is 17.8. The molecule has 0 saturated carbocycles. The molecule has 1 N–H and O–H groups in total. The van der Waals surface area contributed by atoms with Crippen molar-refractivity contribution in [2.75, 3.05) is 12.4 Å². The van der Waals surface area contributed by atoms with Crippen LogP contribution in [-0.4, -0.2) is 22.8 Å². The fourth-order valence-electron chi connectivity index (χ4n) is 3.84. The van der Waals surface area contributed by atoms with Crippen molar-refractivity contribution in [2.24, 2.45) is 0 Å². The van der Waals surface area contributed by atoms with Crippen molar-refractivity contribution in [3.05, 3.63) is 111 Å². The van der Waals surface area contributed by atoms with Crippen molar-refractivity contribution in [3.63, 3.8) is 0 Å². The van der Waals surface area contributed by atoms with Gasteiger partial charge in [0.2, 0.25) is 5.91 Å². The lowest BCUT2D eigenvalue weighted by Crippen LogP contribution is -2.10. The monoisotopic (exact) mass is 563 g/mol. The van der Waals surface area contributed by atoms with Gasteiger partial charge < -0.3 is 14.8 Å². The van der Waals surface area contributed by atoms with Gasteiger partial charge in [0.15, 0.2) is 0 Å². The molecule has 0 aliphatic rings. The number of halogens is 2. The summed E-state index contributed by atoms with van der Waals surface area (Å²) in [5.41, 5.74) is 4.81. The Balaban J connectivity index is 1.42. The normalized spacial score (nSPS) is 11.1. The summed E-state index contributed by atoms with van der Waals surface area (Å²) in [6.07, 6.45) is 3.23. The molecule has 0 bridgehead atoms. The second-order valence-electron chi connectivity index (χ2n) is 8.47. The Morgan fingerprint density at radius 1 is 1.08 bits per heavy atom. The molecular formula is C29H27BrFN3O3. The van der Waals surface area contributed by atoms with Crippen LogP contribution in [0.2, 0.25) is 0 Å². The lowest BCUT2D eigenvalue weighted by molar-refractivity contribution is -0.111. The SMILES string of the molecule is COc1ccc(/C=C/C(=O)Nc2c(C)nn(Cc3ccc(F)cc3)c2C)cc1COc1ccc(Br)cc1. The van der Waals surface area contributed by atoms with Gasteiger partial charge >= 0.3 is 0 Å². The van der Waals surface area contributed by atoms with E-state index in [2.05, 4.69) is 26.3 Å². The lowest BCUT2D eigenvalue weighted by atomic mass is 10.1. The molecule has 0 unspecified atom stereocenters. The highest BCUT2D eigenvalue weighted by Gasteiger charge is 2.14. The standard InChI is InChI=1S/C29H27BrFN3O3/c1-19-29(20(2)34(33-19)17-22-4-10-25(31)11-5-22)32-28(35)15-7-21-6-14-27(36-3)23(16-21)18-37-26-12-8-24(30)9-13-26/h4-16H,17-18H2,1-3H3,(H,32,35)/b15-7+. The van der Waals surface area contributed by atoms with Crippen LogP contribution < -0.4 is 14.8 Å². The maximum Gasteiger partial charge on any atom is 0.248 e. The van der Waals surface area contributed by atoms with Gasteiger partial charge in [0.25, 0.3) is 0 Å². The van der Waals surface area contributed by atoms with Gasteiger partial charge in [0.05, 0.1) is 30.7 Å². The Bertz CT molecular complexity index is 1410. The molecule has 0 aliphatic carbocycles. The minimum Gasteiger partial charge on any atom is -0.496 e. The molecule has 4 aromatic rings. The summed E-state index contributed by atoms with van der Waals surface area (Å²) in [5.74, 6) is 0.906. The molecule has 0 saturated heterocycles. The minimum atomic E-state index is -0.280. The van der Waals surface area contributed by atoms with E-state index in [0.717, 1.165) is 32.6 Å². The number of hydrogen-bond donors (Lipinski definition) is 1. The molecule has 1 heterocycles. The highest BCUT2D eigenvalue weighted by Crippen LogP contribution is 2.24. The van der Waals surface area contributed by atoms with Crippen molar-refractivity contribution in [1.82, 2.24) is 9.78 Å². The number of benzene rings is 3. The highest BCUT2D eigenvalue weighted by atomic mass is 79.9. The van der Waals surface area contributed by atoms with E-state index >= 15 is 0 Å². The molecular weight excluding hydrogens is 537 g/mol. The summed E-state index contributed by atoms with van der Waals surface area (Å²) in [7, 11) is 1.61. The molecule has 1 aromatic heterocycles. The number of nitrogens with zero attached hydrogens (tertiary/aromatic N) is 2. The molecule has 0 atom stereocenters. The van der Waals surface area contributed by atoms with E-state index in [1.54, 1.807) is 30.0 Å². The van der Waals surface area contributed by atoms with E-state index in [9.17, 15) is 9.18 Å². The number of aromatic nitrogens is 2. The molecule has 6 nitrogen and oxygen atoms in total. The predicted octanol–water partition coefficient (Wildman–Crippen LogP) is 6.69. The number of anilines is 1. The summed E-state index contributed by atoms with van der Waals surface area (Å²) in [5, 5.41) is 7.46. The van der Waals surface area contributed by atoms with Crippen molar-refractivity contribution >= 4 is 33.6 Å². The third-order valence-electron chi connectivity index (χ3n) is 5.81. The van der Waals surface area contributed by atoms with E-state index < -0.39 is 0 Å². The van der Waals surface area contributed by atoms with Crippen LogP contribution in [0.4, 0.5) is 10.1 Å². The molecule has 8 heteroatoms. The van der Waals surface area contributed by atoms with E-state index in [4.69, 9.17) is 9.47 Å². The zero-order valence-electron chi connectivity index (χ0n) is 20.8. The van der Waals surface area contributed by atoms with E-state index in [-0.39, 0.29) is 11.7 Å². The van der Waals surface area contributed by atoms with Gasteiger partial charge in [-0.05, 0) is 79.6 Å². The molecule has 0 fully saturated rings. The number of carbonyl (C=O) groups excluding carboxylic acids is 1. The Kier molecular flexibility index (Phi) is 8.40. The zero-order chi connectivity index (χ0) is 26.4. The van der Waals surface area contributed by atoms with Crippen LogP contribution in [0.15, 0.2) is 77.3 Å². The number of hydrogen-bond acceptors (Lipinski definition) is 4. The highest BCUT2D eigenvalue weighted by molar-refractivity contribution is 9.10. The number of rotatable bonds is 9. The van der Waals surface area contributed by atoms with Gasteiger partial charge in [-0.15, -0.1) is 0 Å². The van der Waals surface area contributed by atoms with Crippen molar-refractivity contribution in [3.8, 4) is 11.5 Å². The van der Waals surface area contributed by atoms with Crippen LogP contribution in [0.25, 0.3) is 6.08 Å². The molecule has 4 rings (SSSR count). The first kappa shape index (κ1) is 26.2. The Hall–Kier alpha value is -3.91. The summed E-state index contributed by atoms with van der Waals surface area (Å²) >= 11 is 3.42. The largest absolute Gasteiger partial charge is 0.496 e.